The molecule has 0 radical (unpaired) electrons. The minimum atomic E-state index is 0.402. The lowest BCUT2D eigenvalue weighted by Crippen LogP contribution is -2.25. The van der Waals surface area contributed by atoms with Gasteiger partial charge in [0.2, 0.25) is 0 Å². The molecule has 2 nitrogen and oxygen atoms in total. The van der Waals surface area contributed by atoms with Crippen molar-refractivity contribution in [3.05, 3.63) is 35.9 Å². The third-order valence-corrected chi connectivity index (χ3v) is 3.39. The zero-order valence-corrected chi connectivity index (χ0v) is 12.9. The van der Waals surface area contributed by atoms with Gasteiger partial charge in [-0.25, -0.2) is 0 Å². The molecule has 1 rings (SSSR count). The maximum Gasteiger partial charge on any atom is 0.0587 e. The first-order valence-electron chi connectivity index (χ1n) is 7.27. The number of nitrogens with one attached hydrogen (secondary N) is 1. The molecule has 1 unspecified atom stereocenters. The number of ether oxygens (including phenoxy) is 1. The molecule has 1 N–H and O–H groups in total. The lowest BCUT2D eigenvalue weighted by molar-refractivity contribution is 0.198. The monoisotopic (exact) mass is 263 g/mol. The van der Waals surface area contributed by atoms with E-state index in [1.807, 2.05) is 0 Å². The highest BCUT2D eigenvalue weighted by Crippen LogP contribution is 2.28. The van der Waals surface area contributed by atoms with Crippen molar-refractivity contribution in [3.8, 4) is 0 Å². The Balaban J connectivity index is 2.53. The molecule has 0 aliphatic rings. The van der Waals surface area contributed by atoms with Gasteiger partial charge in [0.25, 0.3) is 0 Å². The number of hydrogen-bond donors (Lipinski definition) is 1. The summed E-state index contributed by atoms with van der Waals surface area (Å²) >= 11 is 0. The largest absolute Gasteiger partial charge is 0.383 e. The second-order valence-corrected chi connectivity index (χ2v) is 6.40. The van der Waals surface area contributed by atoms with E-state index in [-0.39, 0.29) is 0 Å². The topological polar surface area (TPSA) is 21.3 Å². The van der Waals surface area contributed by atoms with Crippen LogP contribution in [0.3, 0.4) is 0 Å². The van der Waals surface area contributed by atoms with Crippen molar-refractivity contribution >= 4 is 0 Å². The smallest absolute Gasteiger partial charge is 0.0587 e. The highest BCUT2D eigenvalue weighted by atomic mass is 16.5. The molecule has 0 saturated heterocycles. The van der Waals surface area contributed by atoms with Crippen molar-refractivity contribution in [1.82, 2.24) is 5.32 Å². The second kappa shape index (κ2) is 8.34. The second-order valence-electron chi connectivity index (χ2n) is 6.40. The summed E-state index contributed by atoms with van der Waals surface area (Å²) in [6, 6.07) is 10.8. The van der Waals surface area contributed by atoms with Gasteiger partial charge in [-0.15, -0.1) is 0 Å². The quantitative estimate of drug-likeness (QED) is 0.720. The maximum absolute atomic E-state index is 5.08. The number of rotatable bonds is 8. The molecule has 0 bridgehead atoms. The highest BCUT2D eigenvalue weighted by molar-refractivity contribution is 5.19. The van der Waals surface area contributed by atoms with Crippen LogP contribution in [0.1, 0.15) is 45.1 Å². The third-order valence-electron chi connectivity index (χ3n) is 3.39. The van der Waals surface area contributed by atoms with Crippen molar-refractivity contribution in [2.45, 2.75) is 39.5 Å². The Labute approximate surface area is 118 Å². The van der Waals surface area contributed by atoms with E-state index in [4.69, 9.17) is 4.74 Å². The summed E-state index contributed by atoms with van der Waals surface area (Å²) in [7, 11) is 1.75. The molecule has 2 heteroatoms. The van der Waals surface area contributed by atoms with Crippen LogP contribution in [0.4, 0.5) is 0 Å². The van der Waals surface area contributed by atoms with E-state index < -0.39 is 0 Å². The summed E-state index contributed by atoms with van der Waals surface area (Å²) in [6.07, 6.45) is 2.48. The zero-order valence-electron chi connectivity index (χ0n) is 12.9. The van der Waals surface area contributed by atoms with Crippen LogP contribution in [0, 0.1) is 5.41 Å². The number of hydrogen-bond acceptors (Lipinski definition) is 2. The van der Waals surface area contributed by atoms with Crippen molar-refractivity contribution in [2.24, 2.45) is 5.41 Å². The Morgan fingerprint density at radius 3 is 2.42 bits per heavy atom. The summed E-state index contributed by atoms with van der Waals surface area (Å²) in [5.41, 5.74) is 1.84. The van der Waals surface area contributed by atoms with Gasteiger partial charge in [-0.1, -0.05) is 51.1 Å². The Morgan fingerprint density at radius 2 is 1.84 bits per heavy atom. The fourth-order valence-electron chi connectivity index (χ4n) is 2.17. The molecule has 1 atom stereocenters. The number of methoxy groups -OCH3 is 1. The molecule has 0 spiro atoms. The van der Waals surface area contributed by atoms with Gasteiger partial charge in [-0.3, -0.25) is 0 Å². The van der Waals surface area contributed by atoms with Crippen LogP contribution >= 0.6 is 0 Å². The Morgan fingerprint density at radius 1 is 1.16 bits per heavy atom. The van der Waals surface area contributed by atoms with Crippen LogP contribution in [0.25, 0.3) is 0 Å². The fourth-order valence-corrected chi connectivity index (χ4v) is 2.17. The molecule has 0 heterocycles. The molecular weight excluding hydrogens is 234 g/mol. The van der Waals surface area contributed by atoms with Gasteiger partial charge in [-0.05, 0) is 29.7 Å². The van der Waals surface area contributed by atoms with Crippen LogP contribution in [-0.4, -0.2) is 26.8 Å². The lowest BCUT2D eigenvalue weighted by Gasteiger charge is -2.24. The minimum Gasteiger partial charge on any atom is -0.383 e. The first-order chi connectivity index (χ1) is 9.03. The summed E-state index contributed by atoms with van der Waals surface area (Å²) < 4.78 is 5.08. The van der Waals surface area contributed by atoms with Gasteiger partial charge in [0.15, 0.2) is 0 Å². The molecule has 19 heavy (non-hydrogen) atoms. The average Bonchev–Trinajstić information content (AvgIpc) is 2.38. The van der Waals surface area contributed by atoms with Gasteiger partial charge in [0.05, 0.1) is 6.61 Å². The van der Waals surface area contributed by atoms with Crippen molar-refractivity contribution in [2.75, 3.05) is 26.8 Å². The first-order valence-corrected chi connectivity index (χ1v) is 7.27. The number of benzene rings is 1. The van der Waals surface area contributed by atoms with E-state index in [0.29, 0.717) is 11.3 Å². The predicted molar refractivity (Wildman–Crippen MR) is 82.6 cm³/mol. The van der Waals surface area contributed by atoms with Gasteiger partial charge in [0.1, 0.15) is 0 Å². The third kappa shape index (κ3) is 7.34. The van der Waals surface area contributed by atoms with E-state index in [0.717, 1.165) is 19.7 Å². The van der Waals surface area contributed by atoms with Gasteiger partial charge in [0, 0.05) is 20.2 Å². The molecule has 0 amide bonds. The van der Waals surface area contributed by atoms with E-state index in [2.05, 4.69) is 56.4 Å². The molecule has 0 saturated carbocycles. The summed E-state index contributed by atoms with van der Waals surface area (Å²) in [5, 5.41) is 3.50. The summed E-state index contributed by atoms with van der Waals surface area (Å²) in [6.45, 7) is 9.67. The standard InChI is InChI=1S/C17H29NO/c1-17(2,3)11-10-16(14-18-12-13-19-4)15-8-6-5-7-9-15/h5-9,16,18H,10-14H2,1-4H3. The predicted octanol–water partition coefficient (Wildman–Crippen LogP) is 3.83. The molecule has 0 aromatic heterocycles. The highest BCUT2D eigenvalue weighted by Gasteiger charge is 2.16. The van der Waals surface area contributed by atoms with Crippen LogP contribution in [0.2, 0.25) is 0 Å². The van der Waals surface area contributed by atoms with Crippen molar-refractivity contribution in [3.63, 3.8) is 0 Å². The van der Waals surface area contributed by atoms with E-state index in [1.165, 1.54) is 18.4 Å². The minimum absolute atomic E-state index is 0.402. The SMILES string of the molecule is COCCNCC(CCC(C)(C)C)c1ccccc1. The fraction of sp³-hybridized carbons (Fsp3) is 0.647. The average molecular weight is 263 g/mol. The molecule has 0 aliphatic carbocycles. The van der Waals surface area contributed by atoms with Crippen molar-refractivity contribution < 1.29 is 4.74 Å². The molecule has 0 aliphatic heterocycles. The van der Waals surface area contributed by atoms with Crippen molar-refractivity contribution in [1.29, 1.82) is 0 Å². The van der Waals surface area contributed by atoms with Crippen LogP contribution < -0.4 is 5.32 Å². The van der Waals surface area contributed by atoms with E-state index in [1.54, 1.807) is 7.11 Å². The van der Waals surface area contributed by atoms with Gasteiger partial charge in [-0.2, -0.15) is 0 Å². The first kappa shape index (κ1) is 16.2. The van der Waals surface area contributed by atoms with E-state index in [9.17, 15) is 0 Å². The lowest BCUT2D eigenvalue weighted by atomic mass is 9.84. The maximum atomic E-state index is 5.08. The Bertz CT molecular complexity index is 329. The Kier molecular flexibility index (Phi) is 7.11. The molecular formula is C17H29NO. The molecule has 1 aromatic carbocycles. The normalized spacial score (nSPS) is 13.5. The van der Waals surface area contributed by atoms with E-state index >= 15 is 0 Å². The molecule has 1 aromatic rings. The molecule has 0 fully saturated rings. The van der Waals surface area contributed by atoms with Crippen LogP contribution in [0.15, 0.2) is 30.3 Å². The van der Waals surface area contributed by atoms with Gasteiger partial charge >= 0.3 is 0 Å². The van der Waals surface area contributed by atoms with Crippen LogP contribution in [-0.2, 0) is 4.74 Å². The zero-order chi connectivity index (χ0) is 14.1. The molecule has 108 valence electrons. The van der Waals surface area contributed by atoms with Gasteiger partial charge < -0.3 is 10.1 Å². The summed E-state index contributed by atoms with van der Waals surface area (Å²) in [4.78, 5) is 0. The summed E-state index contributed by atoms with van der Waals surface area (Å²) in [5.74, 6) is 0.595. The Hall–Kier alpha value is -0.860. The van der Waals surface area contributed by atoms with Crippen LogP contribution in [0.5, 0.6) is 0 Å².